The molecule has 1 aromatic carbocycles. The number of aliphatic carboxylic acids is 1. The van der Waals surface area contributed by atoms with Gasteiger partial charge in [0.25, 0.3) is 0 Å². The highest BCUT2D eigenvalue weighted by Gasteiger charge is 2.75. The number of carbonyl (C=O) groups is 1. The van der Waals surface area contributed by atoms with Crippen LogP contribution in [0.25, 0.3) is 0 Å². The Morgan fingerprint density at radius 1 is 1.41 bits per heavy atom. The molecule has 0 saturated heterocycles. The van der Waals surface area contributed by atoms with Gasteiger partial charge in [0.1, 0.15) is 5.41 Å². The molecule has 3 atom stereocenters. The Balaban J connectivity index is 2.06. The van der Waals surface area contributed by atoms with E-state index in [9.17, 15) is 18.3 Å². The van der Waals surface area contributed by atoms with Crippen LogP contribution in [0.1, 0.15) is 11.5 Å². The topological polar surface area (TPSA) is 99.1 Å². The number of benzene rings is 1. The van der Waals surface area contributed by atoms with Crippen molar-refractivity contribution in [2.75, 3.05) is 26.8 Å². The Morgan fingerprint density at radius 2 is 2.09 bits per heavy atom. The van der Waals surface area contributed by atoms with Crippen molar-refractivity contribution in [3.05, 3.63) is 23.8 Å². The number of rotatable bonds is 5. The van der Waals surface area contributed by atoms with Gasteiger partial charge in [-0.2, -0.15) is 0 Å². The van der Waals surface area contributed by atoms with E-state index in [4.69, 9.17) is 14.2 Å². The van der Waals surface area contributed by atoms with Gasteiger partial charge in [-0.15, -0.1) is 0 Å². The second kappa shape index (κ2) is 4.85. The summed E-state index contributed by atoms with van der Waals surface area (Å²) in [4.78, 5) is 11.7. The molecule has 2 aliphatic rings. The monoisotopic (exact) mass is 328 g/mol. The summed E-state index contributed by atoms with van der Waals surface area (Å²) in [5.74, 6) is -0.789. The summed E-state index contributed by atoms with van der Waals surface area (Å²) in [6.07, 6.45) is 1.05. The lowest BCUT2D eigenvalue weighted by Gasteiger charge is -2.11. The molecule has 1 fully saturated rings. The Bertz CT molecular complexity index is 727. The van der Waals surface area contributed by atoms with Crippen LogP contribution in [0.4, 0.5) is 0 Å². The van der Waals surface area contributed by atoms with E-state index in [1.807, 2.05) is 0 Å². The second-order valence-corrected chi connectivity index (χ2v) is 7.79. The Morgan fingerprint density at radius 3 is 2.68 bits per heavy atom. The van der Waals surface area contributed by atoms with Crippen LogP contribution < -0.4 is 9.47 Å². The summed E-state index contributed by atoms with van der Waals surface area (Å²) in [7, 11) is -2.19. The highest BCUT2D eigenvalue weighted by atomic mass is 32.2. The molecule has 1 saturated carbocycles. The maximum Gasteiger partial charge on any atom is 0.314 e. The maximum atomic E-state index is 12.0. The third-order valence-corrected chi connectivity index (χ3v) is 5.87. The fraction of sp³-hybridized carbons (Fsp3) is 0.500. The van der Waals surface area contributed by atoms with Gasteiger partial charge >= 0.3 is 5.97 Å². The van der Waals surface area contributed by atoms with Crippen molar-refractivity contribution in [1.29, 1.82) is 0 Å². The molecule has 7 nitrogen and oxygen atoms in total. The molecule has 1 aliphatic carbocycles. The molecule has 1 N–H and O–H groups in total. The maximum absolute atomic E-state index is 12.0. The number of ether oxygens (including phenoxy) is 3. The van der Waals surface area contributed by atoms with Gasteiger partial charge < -0.3 is 19.3 Å². The van der Waals surface area contributed by atoms with E-state index in [0.717, 1.165) is 6.26 Å². The average Bonchev–Trinajstić information content (AvgIpc) is 2.91. The molecule has 0 amide bonds. The Hall–Kier alpha value is -1.80. The van der Waals surface area contributed by atoms with Crippen molar-refractivity contribution in [1.82, 2.24) is 0 Å². The van der Waals surface area contributed by atoms with Crippen LogP contribution in [0.5, 0.6) is 11.5 Å². The third-order valence-electron chi connectivity index (χ3n) is 4.25. The molecule has 8 heteroatoms. The summed E-state index contributed by atoms with van der Waals surface area (Å²) in [5.41, 5.74) is -0.866. The average molecular weight is 328 g/mol. The summed E-state index contributed by atoms with van der Waals surface area (Å²) < 4.78 is 39.6. The van der Waals surface area contributed by atoms with Gasteiger partial charge in [-0.05, 0) is 17.7 Å². The van der Waals surface area contributed by atoms with E-state index in [1.54, 1.807) is 18.2 Å². The van der Waals surface area contributed by atoms with Gasteiger partial charge in [-0.25, -0.2) is 8.42 Å². The molecule has 1 aliphatic heterocycles. The highest BCUT2D eigenvalue weighted by molar-refractivity contribution is 7.91. The number of sulfone groups is 1. The van der Waals surface area contributed by atoms with Gasteiger partial charge in [0.2, 0.25) is 6.79 Å². The van der Waals surface area contributed by atoms with Crippen LogP contribution >= 0.6 is 0 Å². The quantitative estimate of drug-likeness (QED) is 0.847. The summed E-state index contributed by atoms with van der Waals surface area (Å²) in [5, 5.41) is 8.58. The first-order valence-corrected chi connectivity index (χ1v) is 8.58. The predicted octanol–water partition coefficient (Wildman–Crippen LogP) is 0.643. The van der Waals surface area contributed by atoms with Crippen LogP contribution in [0, 0.1) is 5.41 Å². The number of hydrogen-bond acceptors (Lipinski definition) is 6. The Labute approximate surface area is 127 Å². The molecule has 1 heterocycles. The van der Waals surface area contributed by atoms with Gasteiger partial charge in [-0.1, -0.05) is 6.07 Å². The molecular formula is C14H16O7S. The molecular weight excluding hydrogens is 312 g/mol. The van der Waals surface area contributed by atoms with Crippen LogP contribution in [-0.4, -0.2) is 51.5 Å². The number of hydrogen-bond donors (Lipinski definition) is 1. The largest absolute Gasteiger partial charge is 0.481 e. The van der Waals surface area contributed by atoms with Crippen molar-refractivity contribution < 1.29 is 32.5 Å². The van der Waals surface area contributed by atoms with Gasteiger partial charge in [0, 0.05) is 19.3 Å². The third kappa shape index (κ3) is 2.05. The van der Waals surface area contributed by atoms with Gasteiger partial charge in [0.15, 0.2) is 21.3 Å². The molecule has 0 spiro atoms. The van der Waals surface area contributed by atoms with E-state index < -0.39 is 32.4 Å². The zero-order chi connectivity index (χ0) is 16.1. The molecule has 0 aromatic heterocycles. The minimum atomic E-state index is -3.55. The van der Waals surface area contributed by atoms with Crippen molar-refractivity contribution in [2.24, 2.45) is 5.41 Å². The summed E-state index contributed by atoms with van der Waals surface area (Å²) >= 11 is 0. The fourth-order valence-corrected chi connectivity index (χ4v) is 5.24. The van der Waals surface area contributed by atoms with Gasteiger partial charge in [0.05, 0.1) is 11.9 Å². The first-order chi connectivity index (χ1) is 10.3. The van der Waals surface area contributed by atoms with E-state index in [2.05, 4.69) is 0 Å². The number of methoxy groups -OCH3 is 1. The number of carboxylic acid groups (broad SMARTS) is 1. The van der Waals surface area contributed by atoms with Crippen LogP contribution in [-0.2, 0) is 19.4 Å². The molecule has 120 valence electrons. The first kappa shape index (κ1) is 15.1. The lowest BCUT2D eigenvalue weighted by atomic mass is 9.99. The first-order valence-electron chi connectivity index (χ1n) is 6.63. The normalized spacial score (nSPS) is 29.4. The fourth-order valence-electron chi connectivity index (χ4n) is 3.34. The highest BCUT2D eigenvalue weighted by Crippen LogP contribution is 2.63. The second-order valence-electron chi connectivity index (χ2n) is 5.62. The molecule has 3 unspecified atom stereocenters. The van der Waals surface area contributed by atoms with E-state index in [-0.39, 0.29) is 13.4 Å². The van der Waals surface area contributed by atoms with E-state index >= 15 is 0 Å². The van der Waals surface area contributed by atoms with Crippen LogP contribution in [0.3, 0.4) is 0 Å². The minimum absolute atomic E-state index is 0.0983. The van der Waals surface area contributed by atoms with Crippen LogP contribution in [0.15, 0.2) is 18.2 Å². The van der Waals surface area contributed by atoms with Crippen molar-refractivity contribution in [3.63, 3.8) is 0 Å². The van der Waals surface area contributed by atoms with Crippen molar-refractivity contribution in [3.8, 4) is 11.5 Å². The van der Waals surface area contributed by atoms with Gasteiger partial charge in [-0.3, -0.25) is 4.79 Å². The van der Waals surface area contributed by atoms with E-state index in [0.29, 0.717) is 17.1 Å². The minimum Gasteiger partial charge on any atom is -0.481 e. The Kier molecular flexibility index (Phi) is 3.33. The van der Waals surface area contributed by atoms with Crippen molar-refractivity contribution >= 4 is 15.8 Å². The lowest BCUT2D eigenvalue weighted by Crippen LogP contribution is -2.28. The predicted molar refractivity (Wildman–Crippen MR) is 75.9 cm³/mol. The molecule has 3 rings (SSSR count). The molecule has 0 radical (unpaired) electrons. The summed E-state index contributed by atoms with van der Waals surface area (Å²) in [6, 6.07) is 4.98. The summed E-state index contributed by atoms with van der Waals surface area (Å²) in [6.45, 7) is -0.0692. The standard InChI is InChI=1S/C14H16O7S/c1-19-6-14(13(15)16)11(12(14)22(2,17)18)8-3-4-9-10(5-8)21-7-20-9/h3-5,11-12H,6-7H2,1-2H3,(H,15,16). The molecule has 0 bridgehead atoms. The molecule has 1 aromatic rings. The smallest absolute Gasteiger partial charge is 0.314 e. The molecule has 22 heavy (non-hydrogen) atoms. The SMILES string of the molecule is COCC1(C(=O)O)C(c2ccc3c(c2)OCO3)C1S(C)(=O)=O. The van der Waals surface area contributed by atoms with Crippen molar-refractivity contribution in [2.45, 2.75) is 11.2 Å². The zero-order valence-corrected chi connectivity index (χ0v) is 12.9. The lowest BCUT2D eigenvalue weighted by molar-refractivity contribution is -0.145. The van der Waals surface area contributed by atoms with E-state index in [1.165, 1.54) is 7.11 Å². The number of carboxylic acids is 1. The number of fused-ring (bicyclic) bond motifs is 1. The van der Waals surface area contributed by atoms with Crippen LogP contribution in [0.2, 0.25) is 0 Å². The zero-order valence-electron chi connectivity index (χ0n) is 12.1.